The van der Waals surface area contributed by atoms with Crippen LogP contribution in [0.15, 0.2) is 53.9 Å². The predicted octanol–water partition coefficient (Wildman–Crippen LogP) is 1.50. The van der Waals surface area contributed by atoms with Gasteiger partial charge in [0.2, 0.25) is 0 Å². The highest BCUT2D eigenvalue weighted by molar-refractivity contribution is 6.35. The Labute approximate surface area is 132 Å². The van der Waals surface area contributed by atoms with E-state index in [1.54, 1.807) is 48.8 Å². The number of halogens is 1. The summed E-state index contributed by atoms with van der Waals surface area (Å²) >= 11 is 5.82. The van der Waals surface area contributed by atoms with Crippen LogP contribution in [0, 0.1) is 0 Å². The van der Waals surface area contributed by atoms with Crippen LogP contribution in [0.1, 0.15) is 11.1 Å². The number of hydrogen-bond donors (Lipinski definition) is 2. The zero-order valence-electron chi connectivity index (χ0n) is 11.5. The highest BCUT2D eigenvalue weighted by atomic mass is 35.5. The van der Waals surface area contributed by atoms with E-state index in [1.807, 2.05) is 0 Å². The normalized spacial score (nSPS) is 10.4. The zero-order chi connectivity index (χ0) is 15.8. The van der Waals surface area contributed by atoms with Gasteiger partial charge in [0.25, 0.3) is 0 Å². The first-order valence-corrected chi connectivity index (χ1v) is 6.78. The van der Waals surface area contributed by atoms with Crippen LogP contribution in [0.5, 0.6) is 0 Å². The molecular weight excluding hydrogens is 304 g/mol. The molecule has 6 nitrogen and oxygen atoms in total. The van der Waals surface area contributed by atoms with Gasteiger partial charge in [-0.2, -0.15) is 5.10 Å². The Kier molecular flexibility index (Phi) is 5.62. The van der Waals surface area contributed by atoms with Crippen molar-refractivity contribution in [3.8, 4) is 0 Å². The predicted molar refractivity (Wildman–Crippen MR) is 83.3 cm³/mol. The van der Waals surface area contributed by atoms with Crippen molar-refractivity contribution in [2.75, 3.05) is 0 Å². The van der Waals surface area contributed by atoms with E-state index in [2.05, 4.69) is 20.8 Å². The van der Waals surface area contributed by atoms with Crippen molar-refractivity contribution in [1.82, 2.24) is 15.7 Å². The first-order valence-electron chi connectivity index (χ1n) is 6.41. The van der Waals surface area contributed by atoms with Crippen molar-refractivity contribution >= 4 is 29.6 Å². The molecule has 112 valence electrons. The fourth-order valence-corrected chi connectivity index (χ4v) is 1.77. The molecule has 2 aromatic rings. The van der Waals surface area contributed by atoms with Crippen LogP contribution in [0.25, 0.3) is 0 Å². The summed E-state index contributed by atoms with van der Waals surface area (Å²) in [6.07, 6.45) is 4.62. The Morgan fingerprint density at radius 2 is 1.95 bits per heavy atom. The summed E-state index contributed by atoms with van der Waals surface area (Å²) in [6.45, 7) is 0.243. The fourth-order valence-electron chi connectivity index (χ4n) is 1.57. The van der Waals surface area contributed by atoms with E-state index in [9.17, 15) is 9.59 Å². The third kappa shape index (κ3) is 4.99. The van der Waals surface area contributed by atoms with Crippen LogP contribution < -0.4 is 10.7 Å². The molecule has 0 saturated heterocycles. The van der Waals surface area contributed by atoms with Gasteiger partial charge in [0.1, 0.15) is 0 Å². The van der Waals surface area contributed by atoms with Gasteiger partial charge < -0.3 is 5.32 Å². The average Bonchev–Trinajstić information content (AvgIpc) is 2.53. The maximum absolute atomic E-state index is 11.6. The molecule has 2 N–H and O–H groups in total. The third-order valence-corrected chi connectivity index (χ3v) is 2.87. The van der Waals surface area contributed by atoms with Gasteiger partial charge in [0.05, 0.1) is 6.21 Å². The number of hydrogen-bond acceptors (Lipinski definition) is 4. The smallest absolute Gasteiger partial charge is 0.329 e. The molecule has 0 unspecified atom stereocenters. The van der Waals surface area contributed by atoms with E-state index in [-0.39, 0.29) is 6.54 Å². The largest absolute Gasteiger partial charge is 0.344 e. The molecule has 0 spiro atoms. The van der Waals surface area contributed by atoms with Crippen LogP contribution in [0.3, 0.4) is 0 Å². The molecule has 2 rings (SSSR count). The molecule has 0 aliphatic carbocycles. The minimum atomic E-state index is -0.840. The molecular formula is C15H13ClN4O2. The number of nitrogens with one attached hydrogen (secondary N) is 2. The molecule has 0 saturated carbocycles. The molecule has 7 heteroatoms. The second-order valence-electron chi connectivity index (χ2n) is 4.29. The SMILES string of the molecule is O=C(NCc1ccncc1)C(=O)N/N=C\c1cccc(Cl)c1. The second-order valence-corrected chi connectivity index (χ2v) is 4.73. The Morgan fingerprint density at radius 3 is 2.68 bits per heavy atom. The van der Waals surface area contributed by atoms with Crippen molar-refractivity contribution in [3.05, 3.63) is 64.9 Å². The van der Waals surface area contributed by atoms with E-state index in [4.69, 9.17) is 11.6 Å². The van der Waals surface area contributed by atoms with E-state index in [0.29, 0.717) is 10.6 Å². The van der Waals surface area contributed by atoms with Crippen LogP contribution >= 0.6 is 11.6 Å². The number of benzene rings is 1. The summed E-state index contributed by atoms with van der Waals surface area (Å²) in [4.78, 5) is 27.0. The van der Waals surface area contributed by atoms with Gasteiger partial charge in [-0.15, -0.1) is 0 Å². The molecule has 0 fully saturated rings. The van der Waals surface area contributed by atoms with Gasteiger partial charge in [-0.25, -0.2) is 5.43 Å². The fraction of sp³-hybridized carbons (Fsp3) is 0.0667. The molecule has 2 amide bonds. The summed E-state index contributed by atoms with van der Waals surface area (Å²) in [5.74, 6) is -1.60. The van der Waals surface area contributed by atoms with Crippen molar-refractivity contribution in [1.29, 1.82) is 0 Å². The molecule has 22 heavy (non-hydrogen) atoms. The molecule has 0 aliphatic heterocycles. The number of amides is 2. The molecule has 1 aromatic carbocycles. The number of pyridine rings is 1. The summed E-state index contributed by atoms with van der Waals surface area (Å²) < 4.78 is 0. The number of carbonyl (C=O) groups excluding carboxylic acids is 2. The van der Waals surface area contributed by atoms with E-state index in [0.717, 1.165) is 5.56 Å². The highest BCUT2D eigenvalue weighted by Crippen LogP contribution is 2.08. The molecule has 0 bridgehead atoms. The van der Waals surface area contributed by atoms with Crippen molar-refractivity contribution in [3.63, 3.8) is 0 Å². The monoisotopic (exact) mass is 316 g/mol. The Morgan fingerprint density at radius 1 is 1.18 bits per heavy atom. The first kappa shape index (κ1) is 15.7. The summed E-state index contributed by atoms with van der Waals surface area (Å²) in [5, 5.41) is 6.75. The number of aromatic nitrogens is 1. The van der Waals surface area contributed by atoms with Crippen molar-refractivity contribution < 1.29 is 9.59 Å². The van der Waals surface area contributed by atoms with E-state index in [1.165, 1.54) is 6.21 Å². The topological polar surface area (TPSA) is 83.5 Å². The number of nitrogens with zero attached hydrogens (tertiary/aromatic N) is 2. The summed E-state index contributed by atoms with van der Waals surface area (Å²) in [5.41, 5.74) is 3.71. The van der Waals surface area contributed by atoms with Crippen LogP contribution in [0.4, 0.5) is 0 Å². The maximum Gasteiger partial charge on any atom is 0.329 e. The van der Waals surface area contributed by atoms with Crippen molar-refractivity contribution in [2.24, 2.45) is 5.10 Å². The third-order valence-electron chi connectivity index (χ3n) is 2.64. The van der Waals surface area contributed by atoms with Gasteiger partial charge in [0, 0.05) is 24.0 Å². The number of rotatable bonds is 4. The van der Waals surface area contributed by atoms with E-state index >= 15 is 0 Å². The average molecular weight is 317 g/mol. The van der Waals surface area contributed by atoms with Crippen LogP contribution in [-0.2, 0) is 16.1 Å². The molecule has 0 aliphatic rings. The van der Waals surface area contributed by atoms with Gasteiger partial charge in [-0.05, 0) is 35.4 Å². The quantitative estimate of drug-likeness (QED) is 0.509. The second kappa shape index (κ2) is 7.90. The lowest BCUT2D eigenvalue weighted by Gasteiger charge is -2.03. The van der Waals surface area contributed by atoms with Gasteiger partial charge >= 0.3 is 11.8 Å². The lowest BCUT2D eigenvalue weighted by Crippen LogP contribution is -2.37. The number of hydrazone groups is 1. The summed E-state index contributed by atoms with van der Waals surface area (Å²) in [6, 6.07) is 10.4. The Bertz CT molecular complexity index is 689. The molecule has 0 radical (unpaired) electrons. The Hall–Kier alpha value is -2.73. The summed E-state index contributed by atoms with van der Waals surface area (Å²) in [7, 11) is 0. The van der Waals surface area contributed by atoms with Crippen LogP contribution in [-0.4, -0.2) is 23.0 Å². The van der Waals surface area contributed by atoms with Gasteiger partial charge in [-0.1, -0.05) is 23.7 Å². The lowest BCUT2D eigenvalue weighted by atomic mass is 10.2. The highest BCUT2D eigenvalue weighted by Gasteiger charge is 2.11. The standard InChI is InChI=1S/C15H13ClN4O2/c16-13-3-1-2-12(8-13)10-19-20-15(22)14(21)18-9-11-4-6-17-7-5-11/h1-8,10H,9H2,(H,18,21)(H,20,22)/b19-10-. The van der Waals surface area contributed by atoms with Gasteiger partial charge in [0.15, 0.2) is 0 Å². The minimum absolute atomic E-state index is 0.243. The molecule has 1 heterocycles. The van der Waals surface area contributed by atoms with Crippen molar-refractivity contribution in [2.45, 2.75) is 6.54 Å². The van der Waals surface area contributed by atoms with E-state index < -0.39 is 11.8 Å². The minimum Gasteiger partial charge on any atom is -0.344 e. The maximum atomic E-state index is 11.6. The molecule has 1 aromatic heterocycles. The zero-order valence-corrected chi connectivity index (χ0v) is 12.2. The van der Waals surface area contributed by atoms with Gasteiger partial charge in [-0.3, -0.25) is 14.6 Å². The lowest BCUT2D eigenvalue weighted by molar-refractivity contribution is -0.139. The number of carbonyl (C=O) groups is 2. The Balaban J connectivity index is 1.80. The first-order chi connectivity index (χ1) is 10.6. The molecule has 0 atom stereocenters. The van der Waals surface area contributed by atoms with Crippen LogP contribution in [0.2, 0.25) is 5.02 Å².